The van der Waals surface area contributed by atoms with Crippen molar-refractivity contribution in [3.63, 3.8) is 0 Å². The van der Waals surface area contributed by atoms with Crippen LogP contribution in [0.4, 0.5) is 0 Å². The van der Waals surface area contributed by atoms with E-state index in [0.29, 0.717) is 0 Å². The molecule has 0 atom stereocenters. The molecule has 0 fully saturated rings. The molecule has 9 aromatic rings. The zero-order valence-electron chi connectivity index (χ0n) is 27.2. The van der Waals surface area contributed by atoms with Gasteiger partial charge in [0.1, 0.15) is 0 Å². The van der Waals surface area contributed by atoms with Crippen molar-refractivity contribution in [2.75, 3.05) is 0 Å². The average molecular weight is 673 g/mol. The minimum absolute atomic E-state index is 0.0506. The Morgan fingerprint density at radius 1 is 0.440 bits per heavy atom. The fourth-order valence-electron chi connectivity index (χ4n) is 9.12. The molecule has 2 nitrogen and oxygen atoms in total. The molecule has 3 aliphatic rings. The molecular formula is C45H29BN2S2. The second-order valence-electron chi connectivity index (χ2n) is 14.1. The fourth-order valence-corrected chi connectivity index (χ4v) is 11.7. The summed E-state index contributed by atoms with van der Waals surface area (Å²) in [5, 5.41) is 0. The average Bonchev–Trinajstić information content (AvgIpc) is 3.15. The first-order valence-corrected chi connectivity index (χ1v) is 19.1. The molecule has 0 spiro atoms. The molecular weight excluding hydrogens is 643 g/mol. The van der Waals surface area contributed by atoms with Crippen molar-refractivity contribution in [2.45, 2.75) is 19.3 Å². The van der Waals surface area contributed by atoms with Crippen LogP contribution >= 0.6 is 22.7 Å². The van der Waals surface area contributed by atoms with Crippen LogP contribution in [0, 0.1) is 0 Å². The number of aromatic nitrogens is 2. The number of benzene rings is 7. The summed E-state index contributed by atoms with van der Waals surface area (Å²) in [4.78, 5) is 0. The van der Waals surface area contributed by atoms with Crippen LogP contribution in [0.1, 0.15) is 33.4 Å². The standard InChI is InChI=1S/C45H29BN2S2/c1-3-11-33(12-4-1)46(34-13-5-2-6-14-34)41-44-37-26-38-45(41)50-40-16-8-10-32-25-30-20-18-28(23-36(30)48(38)43(32)40)21-27-17-19-29-24-31-9-7-15-39(49-44)42(31)47(37)35(29)22-27/h1-20,22-23,26H,21,24-25H2. The molecule has 7 aromatic carbocycles. The van der Waals surface area contributed by atoms with Gasteiger partial charge in [-0.2, -0.15) is 0 Å². The van der Waals surface area contributed by atoms with Crippen LogP contribution in [0.25, 0.3) is 52.2 Å². The van der Waals surface area contributed by atoms with Gasteiger partial charge in [-0.05, 0) is 75.6 Å². The summed E-state index contributed by atoms with van der Waals surface area (Å²) >= 11 is 3.95. The molecule has 12 rings (SSSR count). The van der Waals surface area contributed by atoms with Crippen molar-refractivity contribution in [1.82, 2.24) is 9.13 Å². The third-order valence-corrected chi connectivity index (χ3v) is 13.6. The van der Waals surface area contributed by atoms with Crippen LogP contribution in [0.2, 0.25) is 0 Å². The van der Waals surface area contributed by atoms with Gasteiger partial charge in [-0.25, -0.2) is 0 Å². The predicted octanol–water partition coefficient (Wildman–Crippen LogP) is 9.36. The number of rotatable bonds is 3. The van der Waals surface area contributed by atoms with Crippen LogP contribution < -0.4 is 16.4 Å². The van der Waals surface area contributed by atoms with Gasteiger partial charge < -0.3 is 9.13 Å². The Bertz CT molecular complexity index is 2760. The van der Waals surface area contributed by atoms with Crippen molar-refractivity contribution < 1.29 is 0 Å². The first-order valence-electron chi connectivity index (χ1n) is 17.5. The maximum absolute atomic E-state index is 2.64. The molecule has 0 saturated heterocycles. The third kappa shape index (κ3) is 3.74. The monoisotopic (exact) mass is 672 g/mol. The van der Waals surface area contributed by atoms with Crippen LogP contribution in [0.5, 0.6) is 0 Å². The van der Waals surface area contributed by atoms with Gasteiger partial charge in [0.15, 0.2) is 0 Å². The van der Waals surface area contributed by atoms with Gasteiger partial charge in [0.05, 0.1) is 42.8 Å². The lowest BCUT2D eigenvalue weighted by molar-refractivity contribution is 1.01. The lowest BCUT2D eigenvalue weighted by atomic mass is 9.36. The molecule has 0 radical (unpaired) electrons. The number of hydrogen-bond donors (Lipinski definition) is 0. The molecule has 50 heavy (non-hydrogen) atoms. The largest absolute Gasteiger partial charge is 0.307 e. The maximum atomic E-state index is 2.64. The number of fused-ring (bicyclic) bond motifs is 2. The van der Waals surface area contributed by atoms with Crippen LogP contribution in [0.3, 0.4) is 0 Å². The van der Waals surface area contributed by atoms with Crippen molar-refractivity contribution in [3.05, 3.63) is 173 Å². The Morgan fingerprint density at radius 2 is 0.940 bits per heavy atom. The van der Waals surface area contributed by atoms with Crippen molar-refractivity contribution in [1.29, 1.82) is 0 Å². The molecule has 3 aliphatic heterocycles. The minimum atomic E-state index is 0.0506. The highest BCUT2D eigenvalue weighted by Crippen LogP contribution is 2.44. The molecule has 0 unspecified atom stereocenters. The quantitative estimate of drug-likeness (QED) is 0.131. The molecule has 5 heterocycles. The van der Waals surface area contributed by atoms with Gasteiger partial charge in [-0.15, -0.1) is 22.7 Å². The highest BCUT2D eigenvalue weighted by molar-refractivity contribution is 7.30. The summed E-state index contributed by atoms with van der Waals surface area (Å²) in [6.07, 6.45) is 2.83. The molecule has 0 aliphatic carbocycles. The summed E-state index contributed by atoms with van der Waals surface area (Å²) in [6, 6.07) is 53.3. The Kier molecular flexibility index (Phi) is 5.55. The lowest BCUT2D eigenvalue weighted by Gasteiger charge is -2.30. The Hall–Kier alpha value is -5.36. The van der Waals surface area contributed by atoms with Gasteiger partial charge in [0, 0.05) is 22.2 Å². The summed E-state index contributed by atoms with van der Waals surface area (Å²) < 4.78 is 10.7. The van der Waals surface area contributed by atoms with Crippen LogP contribution in [0.15, 0.2) is 140 Å². The summed E-state index contributed by atoms with van der Waals surface area (Å²) in [6.45, 7) is 0.0506. The van der Waals surface area contributed by atoms with Crippen LogP contribution in [-0.2, 0) is 19.3 Å². The van der Waals surface area contributed by atoms with Gasteiger partial charge in [0.2, 0.25) is 6.71 Å². The van der Waals surface area contributed by atoms with Gasteiger partial charge in [-0.1, -0.05) is 120 Å². The molecule has 0 N–H and O–H groups in total. The van der Waals surface area contributed by atoms with E-state index in [0.717, 1.165) is 19.3 Å². The highest BCUT2D eigenvalue weighted by atomic mass is 32.1. The first-order chi connectivity index (χ1) is 24.8. The Morgan fingerprint density at radius 3 is 1.44 bits per heavy atom. The number of hydrogen-bond acceptors (Lipinski definition) is 2. The van der Waals surface area contributed by atoms with Crippen molar-refractivity contribution in [3.8, 4) is 11.4 Å². The summed E-state index contributed by atoms with van der Waals surface area (Å²) in [5.41, 5.74) is 20.3. The van der Waals surface area contributed by atoms with Gasteiger partial charge >= 0.3 is 0 Å². The number of para-hydroxylation sites is 2. The van der Waals surface area contributed by atoms with E-state index in [1.807, 2.05) is 22.7 Å². The van der Waals surface area contributed by atoms with E-state index in [1.165, 1.54) is 102 Å². The zero-order valence-corrected chi connectivity index (χ0v) is 28.8. The van der Waals surface area contributed by atoms with E-state index >= 15 is 0 Å². The molecule has 234 valence electrons. The van der Waals surface area contributed by atoms with Gasteiger partial charge in [0.25, 0.3) is 0 Å². The summed E-state index contributed by atoms with van der Waals surface area (Å²) in [7, 11) is 0. The smallest absolute Gasteiger partial charge is 0.245 e. The minimum Gasteiger partial charge on any atom is -0.307 e. The van der Waals surface area contributed by atoms with E-state index in [1.54, 1.807) is 0 Å². The second kappa shape index (κ2) is 10.1. The molecule has 0 amide bonds. The van der Waals surface area contributed by atoms with E-state index in [2.05, 4.69) is 149 Å². The number of nitrogens with zero attached hydrogens (tertiary/aromatic N) is 2. The third-order valence-electron chi connectivity index (χ3n) is 11.3. The Labute approximate surface area is 297 Å². The van der Waals surface area contributed by atoms with E-state index in [9.17, 15) is 0 Å². The molecule has 2 aromatic heterocycles. The lowest BCUT2D eigenvalue weighted by Crippen LogP contribution is -2.52. The highest BCUT2D eigenvalue weighted by Gasteiger charge is 2.32. The topological polar surface area (TPSA) is 9.86 Å². The van der Waals surface area contributed by atoms with Crippen molar-refractivity contribution in [2.24, 2.45) is 0 Å². The molecule has 6 bridgehead atoms. The fraction of sp³-hybridized carbons (Fsp3) is 0.0667. The SMILES string of the molecule is c1ccc(B(c2ccccc2)c2c3sc4cccc5c4n4c3cc3c2sc2cccc6c2n3-c2cc(ccc2C6)Cc2ccc(c-4c2)C5)cc1. The molecule has 0 saturated carbocycles. The zero-order chi connectivity index (χ0) is 32.5. The predicted molar refractivity (Wildman–Crippen MR) is 214 cm³/mol. The maximum Gasteiger partial charge on any atom is 0.245 e. The second-order valence-corrected chi connectivity index (χ2v) is 16.2. The van der Waals surface area contributed by atoms with E-state index in [-0.39, 0.29) is 6.71 Å². The van der Waals surface area contributed by atoms with Gasteiger partial charge in [-0.3, -0.25) is 0 Å². The normalized spacial score (nSPS) is 13.4. The summed E-state index contributed by atoms with van der Waals surface area (Å²) in [5.74, 6) is 0. The molecule has 5 heteroatoms. The Balaban J connectivity index is 1.39. The first kappa shape index (κ1) is 27.5. The van der Waals surface area contributed by atoms with Crippen molar-refractivity contribution >= 4 is 86.6 Å². The van der Waals surface area contributed by atoms with Crippen LogP contribution in [-0.4, -0.2) is 15.8 Å². The van der Waals surface area contributed by atoms with E-state index in [4.69, 9.17) is 0 Å². The van der Waals surface area contributed by atoms with E-state index < -0.39 is 0 Å².